The van der Waals surface area contributed by atoms with E-state index in [1.165, 1.54) is 0 Å². The first-order valence-corrected chi connectivity index (χ1v) is 15.7. The Kier molecular flexibility index (Phi) is 26.0. The van der Waals surface area contributed by atoms with Crippen molar-refractivity contribution in [3.8, 4) is 0 Å². The van der Waals surface area contributed by atoms with Crippen molar-refractivity contribution in [1.29, 1.82) is 0 Å². The molecule has 1 aliphatic rings. The van der Waals surface area contributed by atoms with Crippen molar-refractivity contribution < 1.29 is 67.0 Å². The number of carbonyl (C=O) groups is 5. The summed E-state index contributed by atoms with van der Waals surface area (Å²) in [7, 11) is 1.63. The Labute approximate surface area is 275 Å². The molecule has 0 aliphatic carbocycles. The molecule has 4 amide bonds. The van der Waals surface area contributed by atoms with Gasteiger partial charge in [0, 0.05) is 32.2 Å². The molecular formula is C30H51N3O14. The van der Waals surface area contributed by atoms with Crippen molar-refractivity contribution in [3.63, 3.8) is 0 Å². The molecule has 0 fully saturated rings. The van der Waals surface area contributed by atoms with Crippen LogP contribution < -0.4 is 10.6 Å². The fourth-order valence-corrected chi connectivity index (χ4v) is 3.74. The standard InChI is InChI=1S/C30H51N3O14/c1-40-10-11-42-14-15-44-18-19-46-22-23-47-21-20-45-17-16-43-13-12-41-9-7-26(34)32-25(30(38)39)4-2-3-8-31-27(35)24-33-28(36)5-6-29(33)37/h5-6,25H,2-4,7-24H2,1H3,(H,31,35)(H,32,34)(H,38,39). The molecule has 1 unspecified atom stereocenters. The topological polar surface area (TPSA) is 207 Å². The summed E-state index contributed by atoms with van der Waals surface area (Å²) in [5.74, 6) is -3.19. The van der Waals surface area contributed by atoms with Gasteiger partial charge in [0.25, 0.3) is 11.8 Å². The number of unbranched alkanes of at least 4 members (excludes halogenated alkanes) is 1. The van der Waals surface area contributed by atoms with Crippen LogP contribution >= 0.6 is 0 Å². The molecule has 3 N–H and O–H groups in total. The SMILES string of the molecule is COCCOCCOCCOCCOCCOCCOCCOCCC(=O)NC(CCCCNC(=O)CN1C(=O)C=CC1=O)C(=O)O. The van der Waals surface area contributed by atoms with Gasteiger partial charge < -0.3 is 53.6 Å². The molecule has 0 saturated heterocycles. The van der Waals surface area contributed by atoms with E-state index >= 15 is 0 Å². The maximum absolute atomic E-state index is 12.1. The molecule has 0 aromatic rings. The Morgan fingerprint density at radius 3 is 1.51 bits per heavy atom. The third kappa shape index (κ3) is 23.9. The average Bonchev–Trinajstić information content (AvgIpc) is 3.36. The number of imide groups is 1. The Bertz CT molecular complexity index is 902. The molecule has 0 aromatic carbocycles. The van der Waals surface area contributed by atoms with Gasteiger partial charge in [0.15, 0.2) is 0 Å². The van der Waals surface area contributed by atoms with Crippen molar-refractivity contribution in [2.24, 2.45) is 0 Å². The van der Waals surface area contributed by atoms with E-state index in [1.54, 1.807) is 7.11 Å². The summed E-state index contributed by atoms with van der Waals surface area (Å²) >= 11 is 0. The van der Waals surface area contributed by atoms with Gasteiger partial charge in [-0.1, -0.05) is 0 Å². The van der Waals surface area contributed by atoms with E-state index in [4.69, 9.17) is 37.9 Å². The molecule has 17 heteroatoms. The van der Waals surface area contributed by atoms with Gasteiger partial charge in [-0.25, -0.2) is 4.79 Å². The van der Waals surface area contributed by atoms with Crippen molar-refractivity contribution in [1.82, 2.24) is 15.5 Å². The van der Waals surface area contributed by atoms with E-state index in [0.29, 0.717) is 98.7 Å². The minimum Gasteiger partial charge on any atom is -0.480 e. The molecule has 17 nitrogen and oxygen atoms in total. The highest BCUT2D eigenvalue weighted by Crippen LogP contribution is 2.04. The van der Waals surface area contributed by atoms with Gasteiger partial charge in [-0.2, -0.15) is 0 Å². The lowest BCUT2D eigenvalue weighted by Crippen LogP contribution is -2.41. The second kappa shape index (κ2) is 29.1. The second-order valence-corrected chi connectivity index (χ2v) is 9.93. The number of methoxy groups -OCH3 is 1. The van der Waals surface area contributed by atoms with Crippen LogP contribution in [0, 0.1) is 0 Å². The van der Waals surface area contributed by atoms with E-state index in [9.17, 15) is 29.1 Å². The maximum atomic E-state index is 12.1. The summed E-state index contributed by atoms with van der Waals surface area (Å²) < 4.78 is 42.6. The minimum absolute atomic E-state index is 0.00428. The second-order valence-electron chi connectivity index (χ2n) is 9.93. The number of nitrogens with zero attached hydrogens (tertiary/aromatic N) is 1. The first-order valence-electron chi connectivity index (χ1n) is 15.7. The third-order valence-corrected chi connectivity index (χ3v) is 6.21. The van der Waals surface area contributed by atoms with Crippen LogP contribution in [0.1, 0.15) is 25.7 Å². The molecule has 0 radical (unpaired) electrons. The smallest absolute Gasteiger partial charge is 0.326 e. The molecule has 1 heterocycles. The fourth-order valence-electron chi connectivity index (χ4n) is 3.74. The number of rotatable bonds is 33. The summed E-state index contributed by atoms with van der Waals surface area (Å²) in [6.07, 6.45) is 3.23. The van der Waals surface area contributed by atoms with Crippen LogP contribution in [-0.4, -0.2) is 165 Å². The van der Waals surface area contributed by atoms with Gasteiger partial charge in [-0.15, -0.1) is 0 Å². The molecule has 0 saturated carbocycles. The normalized spacial score (nSPS) is 13.3. The monoisotopic (exact) mass is 677 g/mol. The zero-order chi connectivity index (χ0) is 34.4. The van der Waals surface area contributed by atoms with Crippen molar-refractivity contribution >= 4 is 29.6 Å². The molecular weight excluding hydrogens is 626 g/mol. The predicted octanol–water partition coefficient (Wildman–Crippen LogP) is -1.08. The minimum atomic E-state index is -1.16. The number of hydrogen-bond donors (Lipinski definition) is 3. The third-order valence-electron chi connectivity index (χ3n) is 6.21. The quantitative estimate of drug-likeness (QED) is 0.0558. The number of ether oxygens (including phenoxy) is 8. The maximum Gasteiger partial charge on any atom is 0.326 e. The number of carboxylic acids is 1. The Morgan fingerprint density at radius 2 is 1.09 bits per heavy atom. The number of carbonyl (C=O) groups excluding carboxylic acids is 4. The Hall–Kier alpha value is -3.03. The molecule has 270 valence electrons. The van der Waals surface area contributed by atoms with E-state index in [0.717, 1.165) is 17.1 Å². The van der Waals surface area contributed by atoms with Gasteiger partial charge in [0.2, 0.25) is 11.8 Å². The van der Waals surface area contributed by atoms with Crippen LogP contribution in [-0.2, 0) is 61.9 Å². The number of aliphatic carboxylic acids is 1. The van der Waals surface area contributed by atoms with Crippen LogP contribution in [0.4, 0.5) is 0 Å². The Balaban J connectivity index is 1.87. The molecule has 0 bridgehead atoms. The molecule has 1 rings (SSSR count). The fraction of sp³-hybridized carbons (Fsp3) is 0.767. The Morgan fingerprint density at radius 1 is 0.660 bits per heavy atom. The summed E-state index contributed by atoms with van der Waals surface area (Å²) in [6, 6.07) is -1.07. The summed E-state index contributed by atoms with van der Waals surface area (Å²) in [6.45, 7) is 6.28. The average molecular weight is 678 g/mol. The van der Waals surface area contributed by atoms with E-state index in [-0.39, 0.29) is 39.1 Å². The van der Waals surface area contributed by atoms with Gasteiger partial charge in [-0.05, 0) is 19.3 Å². The van der Waals surface area contributed by atoms with Gasteiger partial charge in [0.1, 0.15) is 12.6 Å². The highest BCUT2D eigenvalue weighted by molar-refractivity contribution is 6.14. The van der Waals surface area contributed by atoms with Crippen molar-refractivity contribution in [2.75, 3.05) is 119 Å². The highest BCUT2D eigenvalue weighted by atomic mass is 16.6. The predicted molar refractivity (Wildman–Crippen MR) is 165 cm³/mol. The largest absolute Gasteiger partial charge is 0.480 e. The molecule has 0 aromatic heterocycles. The lowest BCUT2D eigenvalue weighted by atomic mass is 10.1. The number of amides is 4. The van der Waals surface area contributed by atoms with E-state index < -0.39 is 35.6 Å². The van der Waals surface area contributed by atoms with Crippen LogP contribution in [0.3, 0.4) is 0 Å². The van der Waals surface area contributed by atoms with Crippen molar-refractivity contribution in [3.05, 3.63) is 12.2 Å². The summed E-state index contributed by atoms with van der Waals surface area (Å²) in [4.78, 5) is 59.3. The van der Waals surface area contributed by atoms with Crippen LogP contribution in [0.2, 0.25) is 0 Å². The molecule has 47 heavy (non-hydrogen) atoms. The van der Waals surface area contributed by atoms with Crippen LogP contribution in [0.15, 0.2) is 12.2 Å². The van der Waals surface area contributed by atoms with Gasteiger partial charge in [-0.3, -0.25) is 24.1 Å². The first-order chi connectivity index (χ1) is 22.8. The zero-order valence-corrected chi connectivity index (χ0v) is 27.3. The summed E-state index contributed by atoms with van der Waals surface area (Å²) in [5, 5.41) is 14.4. The first kappa shape index (κ1) is 42.0. The van der Waals surface area contributed by atoms with Crippen LogP contribution in [0.25, 0.3) is 0 Å². The highest BCUT2D eigenvalue weighted by Gasteiger charge is 2.25. The number of nitrogens with one attached hydrogen (secondary N) is 2. The number of carboxylic acid groups (broad SMARTS) is 1. The molecule has 0 spiro atoms. The zero-order valence-electron chi connectivity index (χ0n) is 27.3. The lowest BCUT2D eigenvalue weighted by Gasteiger charge is -2.15. The summed E-state index contributed by atoms with van der Waals surface area (Å²) in [5.41, 5.74) is 0. The molecule has 1 aliphatic heterocycles. The van der Waals surface area contributed by atoms with E-state index in [1.807, 2.05) is 0 Å². The van der Waals surface area contributed by atoms with Crippen molar-refractivity contribution in [2.45, 2.75) is 31.7 Å². The van der Waals surface area contributed by atoms with Crippen LogP contribution in [0.5, 0.6) is 0 Å². The van der Waals surface area contributed by atoms with Gasteiger partial charge in [0.05, 0.1) is 99.1 Å². The lowest BCUT2D eigenvalue weighted by molar-refractivity contribution is -0.142. The van der Waals surface area contributed by atoms with Gasteiger partial charge >= 0.3 is 5.97 Å². The molecule has 1 atom stereocenters. The van der Waals surface area contributed by atoms with E-state index in [2.05, 4.69) is 10.6 Å². The number of hydrogen-bond acceptors (Lipinski definition) is 13.